The first-order chi connectivity index (χ1) is 15.3. The number of piperidine rings is 1. The maximum atomic E-state index is 13.5. The zero-order chi connectivity index (χ0) is 22.7. The maximum Gasteiger partial charge on any atom is 0.319 e. The second kappa shape index (κ2) is 9.53. The van der Waals surface area contributed by atoms with E-state index in [0.29, 0.717) is 5.92 Å². The lowest BCUT2D eigenvalue weighted by atomic mass is 9.70. The maximum absolute atomic E-state index is 13.5. The van der Waals surface area contributed by atoms with Crippen molar-refractivity contribution in [3.63, 3.8) is 0 Å². The smallest absolute Gasteiger partial charge is 0.319 e. The molecule has 2 aliphatic rings. The zero-order valence-electron chi connectivity index (χ0n) is 18.8. The average molecular weight is 454 g/mol. The van der Waals surface area contributed by atoms with Crippen LogP contribution in [0.25, 0.3) is 0 Å². The molecule has 4 rings (SSSR count). The molecule has 1 unspecified atom stereocenters. The number of nitrogens with zero attached hydrogens (tertiary/aromatic N) is 1. The van der Waals surface area contributed by atoms with Gasteiger partial charge in [-0.1, -0.05) is 62.2 Å². The molecule has 0 bridgehead atoms. The highest BCUT2D eigenvalue weighted by atomic mass is 35.5. The van der Waals surface area contributed by atoms with Gasteiger partial charge < -0.3 is 15.5 Å². The van der Waals surface area contributed by atoms with Gasteiger partial charge in [0.1, 0.15) is 0 Å². The van der Waals surface area contributed by atoms with E-state index in [4.69, 9.17) is 11.6 Å². The third kappa shape index (κ3) is 5.09. The molecule has 0 radical (unpaired) electrons. The summed E-state index contributed by atoms with van der Waals surface area (Å²) in [5.41, 5.74) is 2.00. The molecular formula is C26H32ClN3O2. The van der Waals surface area contributed by atoms with Crippen molar-refractivity contribution in [1.82, 2.24) is 10.2 Å². The van der Waals surface area contributed by atoms with Gasteiger partial charge in [-0.25, -0.2) is 4.79 Å². The van der Waals surface area contributed by atoms with Crippen LogP contribution in [0, 0.1) is 11.3 Å². The molecule has 32 heavy (non-hydrogen) atoms. The molecule has 2 N–H and O–H groups in total. The van der Waals surface area contributed by atoms with Gasteiger partial charge in [-0.3, -0.25) is 4.79 Å². The summed E-state index contributed by atoms with van der Waals surface area (Å²) in [6.07, 6.45) is 3.55. The Morgan fingerprint density at radius 3 is 2.41 bits per heavy atom. The van der Waals surface area contributed by atoms with Crippen LogP contribution in [0.2, 0.25) is 5.02 Å². The molecule has 3 atom stereocenters. The minimum atomic E-state index is -0.248. The molecule has 2 aromatic carbocycles. The predicted molar refractivity (Wildman–Crippen MR) is 129 cm³/mol. The van der Waals surface area contributed by atoms with Crippen LogP contribution in [0.4, 0.5) is 10.5 Å². The van der Waals surface area contributed by atoms with Gasteiger partial charge in [0, 0.05) is 29.8 Å². The summed E-state index contributed by atoms with van der Waals surface area (Å²) in [4.78, 5) is 28.0. The summed E-state index contributed by atoms with van der Waals surface area (Å²) in [7, 11) is 0. The van der Waals surface area contributed by atoms with Crippen LogP contribution in [0.15, 0.2) is 54.6 Å². The van der Waals surface area contributed by atoms with E-state index in [1.807, 2.05) is 47.4 Å². The first kappa shape index (κ1) is 22.7. The van der Waals surface area contributed by atoms with Crippen LogP contribution < -0.4 is 10.6 Å². The van der Waals surface area contributed by atoms with Crippen molar-refractivity contribution in [3.05, 3.63) is 65.2 Å². The quantitative estimate of drug-likeness (QED) is 0.626. The fraction of sp³-hybridized carbons (Fsp3) is 0.462. The van der Waals surface area contributed by atoms with Crippen molar-refractivity contribution in [2.45, 2.75) is 51.5 Å². The van der Waals surface area contributed by atoms with E-state index in [1.54, 1.807) is 0 Å². The minimum absolute atomic E-state index is 0.0338. The second-order valence-electron chi connectivity index (χ2n) is 9.75. The Balaban J connectivity index is 1.38. The van der Waals surface area contributed by atoms with Crippen LogP contribution in [0.1, 0.15) is 51.0 Å². The average Bonchev–Trinajstić information content (AvgIpc) is 3.22. The molecule has 2 aromatic rings. The molecular weight excluding hydrogens is 422 g/mol. The molecule has 1 aliphatic carbocycles. The molecule has 3 amide bonds. The Labute approximate surface area is 195 Å². The topological polar surface area (TPSA) is 61.4 Å². The van der Waals surface area contributed by atoms with E-state index in [-0.39, 0.29) is 29.3 Å². The highest BCUT2D eigenvalue weighted by molar-refractivity contribution is 6.30. The van der Waals surface area contributed by atoms with E-state index >= 15 is 0 Å². The van der Waals surface area contributed by atoms with Crippen LogP contribution in [-0.2, 0) is 4.79 Å². The molecule has 5 nitrogen and oxygen atoms in total. The molecule has 1 saturated heterocycles. The summed E-state index contributed by atoms with van der Waals surface area (Å²) < 4.78 is 0. The van der Waals surface area contributed by atoms with Crippen molar-refractivity contribution in [3.8, 4) is 0 Å². The van der Waals surface area contributed by atoms with Gasteiger partial charge in [0.05, 0.1) is 5.92 Å². The molecule has 1 heterocycles. The fourth-order valence-electron chi connectivity index (χ4n) is 5.38. The Hall–Kier alpha value is -2.53. The van der Waals surface area contributed by atoms with E-state index in [1.165, 1.54) is 5.56 Å². The minimum Gasteiger partial charge on any atom is -0.342 e. The lowest BCUT2D eigenvalue weighted by molar-refractivity contribution is -0.139. The molecule has 170 valence electrons. The van der Waals surface area contributed by atoms with E-state index in [9.17, 15) is 9.59 Å². The number of benzene rings is 2. The Kier molecular flexibility index (Phi) is 6.75. The number of likely N-dealkylation sites (tertiary alicyclic amines) is 1. The van der Waals surface area contributed by atoms with Gasteiger partial charge >= 0.3 is 6.03 Å². The van der Waals surface area contributed by atoms with Gasteiger partial charge in [-0.15, -0.1) is 0 Å². The zero-order valence-corrected chi connectivity index (χ0v) is 19.6. The Morgan fingerprint density at radius 2 is 1.72 bits per heavy atom. The monoisotopic (exact) mass is 453 g/mol. The predicted octanol–water partition coefficient (Wildman–Crippen LogP) is 5.67. The van der Waals surface area contributed by atoms with Crippen molar-refractivity contribution in [2.24, 2.45) is 11.3 Å². The Morgan fingerprint density at radius 1 is 1.00 bits per heavy atom. The number of anilines is 1. The summed E-state index contributed by atoms with van der Waals surface area (Å²) in [5.74, 6) is 0.410. The van der Waals surface area contributed by atoms with Gasteiger partial charge in [0.2, 0.25) is 5.91 Å². The van der Waals surface area contributed by atoms with E-state index in [0.717, 1.165) is 49.5 Å². The second-order valence-corrected chi connectivity index (χ2v) is 10.2. The Bertz CT molecular complexity index is 945. The third-order valence-electron chi connectivity index (χ3n) is 6.99. The van der Waals surface area contributed by atoms with Crippen molar-refractivity contribution >= 4 is 29.2 Å². The van der Waals surface area contributed by atoms with Gasteiger partial charge in [0.25, 0.3) is 0 Å². The number of carbonyl (C=O) groups is 2. The number of urea groups is 1. The van der Waals surface area contributed by atoms with Gasteiger partial charge in [0.15, 0.2) is 0 Å². The largest absolute Gasteiger partial charge is 0.342 e. The van der Waals surface area contributed by atoms with E-state index in [2.05, 4.69) is 36.6 Å². The molecule has 1 saturated carbocycles. The van der Waals surface area contributed by atoms with Gasteiger partial charge in [-0.05, 0) is 60.4 Å². The van der Waals surface area contributed by atoms with Crippen molar-refractivity contribution in [2.75, 3.05) is 18.4 Å². The molecule has 0 spiro atoms. The first-order valence-corrected chi connectivity index (χ1v) is 11.9. The number of hydrogen-bond acceptors (Lipinski definition) is 2. The molecule has 6 heteroatoms. The summed E-state index contributed by atoms with van der Waals surface area (Å²) >= 11 is 6.07. The number of hydrogen-bond donors (Lipinski definition) is 2. The lowest BCUT2D eigenvalue weighted by Gasteiger charge is -2.45. The van der Waals surface area contributed by atoms with E-state index < -0.39 is 0 Å². The summed E-state index contributed by atoms with van der Waals surface area (Å²) in [6.45, 7) is 5.94. The third-order valence-corrected chi connectivity index (χ3v) is 7.25. The highest BCUT2D eigenvalue weighted by Crippen LogP contribution is 2.43. The van der Waals surface area contributed by atoms with Gasteiger partial charge in [-0.2, -0.15) is 0 Å². The van der Waals surface area contributed by atoms with Crippen molar-refractivity contribution in [1.29, 1.82) is 0 Å². The molecule has 0 aromatic heterocycles. The van der Waals surface area contributed by atoms with Crippen LogP contribution in [0.5, 0.6) is 0 Å². The lowest BCUT2D eigenvalue weighted by Crippen LogP contribution is -2.52. The van der Waals surface area contributed by atoms with Crippen LogP contribution >= 0.6 is 11.6 Å². The SMILES string of the molecule is CC1(C)CN(C(=O)[C@H]2CCC[C@H]2NC(=O)Nc2ccccc2)CCC1c1ccc(Cl)cc1. The first-order valence-electron chi connectivity index (χ1n) is 11.5. The molecule has 1 aliphatic heterocycles. The number of nitrogens with one attached hydrogen (secondary N) is 2. The highest BCUT2D eigenvalue weighted by Gasteiger charge is 2.42. The number of rotatable bonds is 4. The van der Waals surface area contributed by atoms with Crippen LogP contribution in [-0.4, -0.2) is 36.0 Å². The number of carbonyl (C=O) groups excluding carboxylic acids is 2. The number of halogens is 1. The number of amides is 3. The number of para-hydroxylation sites is 1. The standard InChI is InChI=1S/C26H32ClN3O2/c1-26(2)17-30(16-15-22(26)18-11-13-19(27)14-12-18)24(31)21-9-6-10-23(21)29-25(32)28-20-7-4-3-5-8-20/h3-5,7-8,11-14,21-23H,6,9-10,15-17H2,1-2H3,(H2,28,29,32)/t21-,22?,23+/m0/s1. The normalized spacial score (nSPS) is 24.7. The molecule has 2 fully saturated rings. The van der Waals surface area contributed by atoms with Crippen molar-refractivity contribution < 1.29 is 9.59 Å². The summed E-state index contributed by atoms with van der Waals surface area (Å²) in [5, 5.41) is 6.66. The fourth-order valence-corrected chi connectivity index (χ4v) is 5.50. The van der Waals surface area contributed by atoms with Crippen LogP contribution in [0.3, 0.4) is 0 Å². The summed E-state index contributed by atoms with van der Waals surface area (Å²) in [6, 6.07) is 17.1.